The average Bonchev–Trinajstić information content (AvgIpc) is 3.01. The summed E-state index contributed by atoms with van der Waals surface area (Å²) in [6.07, 6.45) is -0.961. The first-order valence-corrected chi connectivity index (χ1v) is 13.8. The van der Waals surface area contributed by atoms with Crippen LogP contribution in [-0.4, -0.2) is 49.3 Å². The maximum atomic E-state index is 12.5. The van der Waals surface area contributed by atoms with Crippen molar-refractivity contribution in [1.82, 2.24) is 10.6 Å². The second-order valence-electron chi connectivity index (χ2n) is 9.54. The molecule has 2 amide bonds. The van der Waals surface area contributed by atoms with E-state index in [1.165, 1.54) is 0 Å². The molecule has 0 saturated carbocycles. The predicted molar refractivity (Wildman–Crippen MR) is 163 cm³/mol. The van der Waals surface area contributed by atoms with Crippen molar-refractivity contribution in [2.45, 2.75) is 19.2 Å². The van der Waals surface area contributed by atoms with Gasteiger partial charge in [0.15, 0.2) is 0 Å². The van der Waals surface area contributed by atoms with Crippen LogP contribution in [0.3, 0.4) is 0 Å². The van der Waals surface area contributed by atoms with Gasteiger partial charge in [0.25, 0.3) is 0 Å². The molecule has 0 atom stereocenters. The third-order valence-corrected chi connectivity index (χ3v) is 6.10. The fourth-order valence-electron chi connectivity index (χ4n) is 4.03. The van der Waals surface area contributed by atoms with Crippen molar-refractivity contribution in [3.63, 3.8) is 0 Å². The van der Waals surface area contributed by atoms with E-state index >= 15 is 0 Å². The van der Waals surface area contributed by atoms with Gasteiger partial charge in [-0.15, -0.1) is 0 Å². The molecular weight excluding hydrogens is 532 g/mol. The number of rotatable bonds is 16. The van der Waals surface area contributed by atoms with E-state index in [2.05, 4.69) is 21.3 Å². The van der Waals surface area contributed by atoms with Gasteiger partial charge in [-0.25, -0.2) is 0 Å². The number of para-hydroxylation sites is 4. The summed E-state index contributed by atoms with van der Waals surface area (Å²) in [5.41, 5.74) is 3.19. The van der Waals surface area contributed by atoms with Crippen LogP contribution >= 0.6 is 0 Å². The van der Waals surface area contributed by atoms with E-state index in [0.29, 0.717) is 36.0 Å². The zero-order valence-corrected chi connectivity index (χ0v) is 23.3. The van der Waals surface area contributed by atoms with E-state index < -0.39 is 6.10 Å². The van der Waals surface area contributed by atoms with Crippen LogP contribution in [0.2, 0.25) is 0 Å². The Kier molecular flexibility index (Phi) is 11.9. The van der Waals surface area contributed by atoms with Gasteiger partial charge in [0.2, 0.25) is 11.8 Å². The van der Waals surface area contributed by atoms with Crippen molar-refractivity contribution < 1.29 is 24.2 Å². The smallest absolute Gasteiger partial charge is 0.238 e. The number of nitrogens with one attached hydrogen (secondary N) is 4. The number of ether oxygens (including phenoxy) is 2. The number of hydrogen-bond acceptors (Lipinski definition) is 7. The summed E-state index contributed by atoms with van der Waals surface area (Å²) in [6.45, 7) is 1.32. The second-order valence-corrected chi connectivity index (χ2v) is 9.54. The molecule has 0 aliphatic carbocycles. The third kappa shape index (κ3) is 10.4. The quantitative estimate of drug-likeness (QED) is 0.139. The minimum atomic E-state index is -0.961. The summed E-state index contributed by atoms with van der Waals surface area (Å²) in [4.78, 5) is 24.9. The van der Waals surface area contributed by atoms with E-state index in [9.17, 15) is 14.7 Å². The van der Waals surface area contributed by atoms with E-state index in [1.807, 2.05) is 60.7 Å². The Morgan fingerprint density at radius 1 is 0.571 bits per heavy atom. The van der Waals surface area contributed by atoms with Gasteiger partial charge in [0, 0.05) is 13.1 Å². The maximum absolute atomic E-state index is 12.5. The molecule has 218 valence electrons. The molecule has 0 aliphatic rings. The molecule has 0 heterocycles. The number of carbonyl (C=O) groups is 2. The number of hydrogen-bond donors (Lipinski definition) is 5. The third-order valence-electron chi connectivity index (χ3n) is 6.10. The molecule has 9 nitrogen and oxygen atoms in total. The molecule has 0 radical (unpaired) electrons. The van der Waals surface area contributed by atoms with Crippen LogP contribution in [0.5, 0.6) is 11.5 Å². The first-order valence-electron chi connectivity index (χ1n) is 13.8. The first kappa shape index (κ1) is 30.3. The number of carbonyl (C=O) groups excluding carboxylic acids is 2. The molecule has 0 saturated heterocycles. The zero-order valence-electron chi connectivity index (χ0n) is 23.3. The molecular formula is C33H36N4O5. The number of anilines is 2. The minimum Gasteiger partial charge on any atom is -0.489 e. The number of amides is 2. The predicted octanol–water partition coefficient (Wildman–Crippen LogP) is 3.96. The van der Waals surface area contributed by atoms with Gasteiger partial charge >= 0.3 is 0 Å². The maximum Gasteiger partial charge on any atom is 0.238 e. The lowest BCUT2D eigenvalue weighted by atomic mass is 10.2. The van der Waals surface area contributed by atoms with Crippen molar-refractivity contribution in [2.75, 3.05) is 36.9 Å². The summed E-state index contributed by atoms with van der Waals surface area (Å²) < 4.78 is 11.6. The number of aliphatic hydroxyl groups excluding tert-OH is 1. The SMILES string of the molecule is O=C(CNCc1ccccc1)Nc1ccccc1OCC(O)COc1ccccc1NC(=O)CNCc1ccccc1. The van der Waals surface area contributed by atoms with Crippen molar-refractivity contribution >= 4 is 23.2 Å². The second kappa shape index (κ2) is 16.5. The minimum absolute atomic E-state index is 0.0585. The Morgan fingerprint density at radius 2 is 0.952 bits per heavy atom. The Bertz CT molecular complexity index is 1290. The highest BCUT2D eigenvalue weighted by Crippen LogP contribution is 2.25. The van der Waals surface area contributed by atoms with Gasteiger partial charge in [-0.05, 0) is 35.4 Å². The lowest BCUT2D eigenvalue weighted by Crippen LogP contribution is -2.29. The number of aliphatic hydroxyl groups is 1. The molecule has 0 bridgehead atoms. The zero-order chi connectivity index (χ0) is 29.4. The first-order chi connectivity index (χ1) is 20.6. The van der Waals surface area contributed by atoms with E-state index in [-0.39, 0.29) is 38.1 Å². The monoisotopic (exact) mass is 568 g/mol. The van der Waals surface area contributed by atoms with Crippen molar-refractivity contribution in [2.24, 2.45) is 0 Å². The van der Waals surface area contributed by atoms with Crippen LogP contribution in [0.1, 0.15) is 11.1 Å². The van der Waals surface area contributed by atoms with E-state index in [4.69, 9.17) is 9.47 Å². The van der Waals surface area contributed by atoms with Crippen LogP contribution in [0.25, 0.3) is 0 Å². The van der Waals surface area contributed by atoms with Gasteiger partial charge in [0.1, 0.15) is 30.8 Å². The molecule has 4 aromatic rings. The fraction of sp³-hybridized carbons (Fsp3) is 0.212. The highest BCUT2D eigenvalue weighted by atomic mass is 16.5. The molecule has 0 spiro atoms. The summed E-state index contributed by atoms with van der Waals surface area (Å²) in [7, 11) is 0. The van der Waals surface area contributed by atoms with Gasteiger partial charge in [-0.1, -0.05) is 84.9 Å². The van der Waals surface area contributed by atoms with Crippen LogP contribution in [0.4, 0.5) is 11.4 Å². The molecule has 42 heavy (non-hydrogen) atoms. The van der Waals surface area contributed by atoms with Crippen LogP contribution in [0, 0.1) is 0 Å². The molecule has 0 aromatic heterocycles. The molecule has 0 aliphatic heterocycles. The van der Waals surface area contributed by atoms with Crippen molar-refractivity contribution in [1.29, 1.82) is 0 Å². The van der Waals surface area contributed by atoms with Crippen LogP contribution < -0.4 is 30.7 Å². The summed E-state index contributed by atoms with van der Waals surface area (Å²) >= 11 is 0. The van der Waals surface area contributed by atoms with Crippen LogP contribution in [-0.2, 0) is 22.7 Å². The molecule has 0 unspecified atom stereocenters. The molecule has 4 aromatic carbocycles. The highest BCUT2D eigenvalue weighted by Gasteiger charge is 2.13. The average molecular weight is 569 g/mol. The van der Waals surface area contributed by atoms with Gasteiger partial charge in [-0.2, -0.15) is 0 Å². The van der Waals surface area contributed by atoms with E-state index in [1.54, 1.807) is 48.5 Å². The Hall–Kier alpha value is -4.70. The highest BCUT2D eigenvalue weighted by molar-refractivity contribution is 5.94. The lowest BCUT2D eigenvalue weighted by molar-refractivity contribution is -0.116. The van der Waals surface area contributed by atoms with Gasteiger partial charge in [-0.3, -0.25) is 9.59 Å². The molecule has 5 N–H and O–H groups in total. The Balaban J connectivity index is 1.20. The summed E-state index contributed by atoms with van der Waals surface area (Å²) in [6, 6.07) is 33.7. The van der Waals surface area contributed by atoms with E-state index in [0.717, 1.165) is 11.1 Å². The van der Waals surface area contributed by atoms with Crippen molar-refractivity contribution in [3.8, 4) is 11.5 Å². The van der Waals surface area contributed by atoms with Crippen LogP contribution in [0.15, 0.2) is 109 Å². The largest absolute Gasteiger partial charge is 0.489 e. The summed E-state index contributed by atoms with van der Waals surface area (Å²) in [5, 5.41) is 22.4. The topological polar surface area (TPSA) is 121 Å². The molecule has 0 fully saturated rings. The van der Waals surface area contributed by atoms with Gasteiger partial charge < -0.3 is 35.8 Å². The standard InChI is InChI=1S/C33H36N4O5/c38-27(23-41-30-17-9-7-15-28(30)36-32(39)21-34-19-25-11-3-1-4-12-25)24-42-31-18-10-8-16-29(31)37-33(40)22-35-20-26-13-5-2-6-14-26/h1-18,27,34-35,38H,19-24H2,(H,36,39)(H,37,40). The molecule has 9 heteroatoms. The summed E-state index contributed by atoms with van der Waals surface area (Å²) in [5.74, 6) is 0.451. The molecule has 4 rings (SSSR count). The Morgan fingerprint density at radius 3 is 1.38 bits per heavy atom. The number of benzene rings is 4. The normalized spacial score (nSPS) is 10.7. The lowest BCUT2D eigenvalue weighted by Gasteiger charge is -2.17. The fourth-order valence-corrected chi connectivity index (χ4v) is 4.03. The van der Waals surface area contributed by atoms with Crippen molar-refractivity contribution in [3.05, 3.63) is 120 Å². The van der Waals surface area contributed by atoms with Gasteiger partial charge in [0.05, 0.1) is 24.5 Å². The Labute approximate surface area is 245 Å².